The predicted molar refractivity (Wildman–Crippen MR) is 84.5 cm³/mol. The Morgan fingerprint density at radius 3 is 2.20 bits per heavy atom. The summed E-state index contributed by atoms with van der Waals surface area (Å²) in [6, 6.07) is 7.35. The van der Waals surface area contributed by atoms with Gasteiger partial charge in [0.15, 0.2) is 0 Å². The zero-order valence-corrected chi connectivity index (χ0v) is 13.0. The Bertz CT molecular complexity index is 373. The minimum Gasteiger partial charge on any atom is -0.207 e. The minimum absolute atomic E-state index is 0.109. The van der Waals surface area contributed by atoms with Gasteiger partial charge in [-0.1, -0.05) is 70.4 Å². The lowest BCUT2D eigenvalue weighted by molar-refractivity contribution is 0.265. The second-order valence-electron chi connectivity index (χ2n) is 6.51. The van der Waals surface area contributed by atoms with Crippen molar-refractivity contribution in [3.8, 4) is 0 Å². The van der Waals surface area contributed by atoms with Crippen LogP contribution in [0.15, 0.2) is 24.3 Å². The van der Waals surface area contributed by atoms with Crippen LogP contribution >= 0.6 is 0 Å². The quantitative estimate of drug-likeness (QED) is 0.506. The number of hydrogen-bond donors (Lipinski definition) is 0. The molecule has 112 valence electrons. The van der Waals surface area contributed by atoms with E-state index in [0.717, 1.165) is 0 Å². The third-order valence-electron chi connectivity index (χ3n) is 5.03. The molecule has 1 aromatic rings. The topological polar surface area (TPSA) is 0 Å². The zero-order chi connectivity index (χ0) is 14.3. The van der Waals surface area contributed by atoms with E-state index in [0.29, 0.717) is 5.41 Å². The lowest BCUT2D eigenvalue weighted by Crippen LogP contribution is -2.29. The first kappa shape index (κ1) is 15.5. The summed E-state index contributed by atoms with van der Waals surface area (Å²) in [6.07, 6.45) is 14.7. The third kappa shape index (κ3) is 4.07. The van der Waals surface area contributed by atoms with E-state index in [4.69, 9.17) is 0 Å². The molecule has 0 bridgehead atoms. The van der Waals surface area contributed by atoms with Gasteiger partial charge in [0.05, 0.1) is 0 Å². The van der Waals surface area contributed by atoms with Crippen molar-refractivity contribution < 1.29 is 4.39 Å². The van der Waals surface area contributed by atoms with Gasteiger partial charge in [-0.25, -0.2) is 4.39 Å². The molecule has 0 unspecified atom stereocenters. The molecular formula is C19H29F. The van der Waals surface area contributed by atoms with Gasteiger partial charge in [-0.2, -0.15) is 0 Å². The van der Waals surface area contributed by atoms with Gasteiger partial charge >= 0.3 is 0 Å². The highest BCUT2D eigenvalue weighted by molar-refractivity contribution is 5.26. The summed E-state index contributed by atoms with van der Waals surface area (Å²) in [7, 11) is 0. The van der Waals surface area contributed by atoms with Crippen molar-refractivity contribution in [3.63, 3.8) is 0 Å². The van der Waals surface area contributed by atoms with Gasteiger partial charge in [0.1, 0.15) is 5.82 Å². The van der Waals surface area contributed by atoms with Crippen LogP contribution in [-0.4, -0.2) is 0 Å². The van der Waals surface area contributed by atoms with Gasteiger partial charge in [0.2, 0.25) is 0 Å². The molecule has 1 heteroatoms. The normalized spacial score (nSPS) is 18.1. The first-order chi connectivity index (χ1) is 9.77. The monoisotopic (exact) mass is 276 g/mol. The molecule has 1 fully saturated rings. The fourth-order valence-electron chi connectivity index (χ4n) is 3.78. The summed E-state index contributed by atoms with van der Waals surface area (Å²) < 4.78 is 13.2. The number of rotatable bonds is 7. The predicted octanol–water partition coefficient (Wildman–Crippen LogP) is 6.39. The molecule has 0 saturated heterocycles. The average molecular weight is 276 g/mol. The molecule has 0 aliphatic heterocycles. The standard InChI is InChI=1S/C19H29F/c1-2-3-4-5-7-14-19(15-8-6-9-16-19)17-10-12-18(20)13-11-17/h10-13H,2-9,14-16H2,1H3. The minimum atomic E-state index is -0.109. The van der Waals surface area contributed by atoms with Crippen LogP contribution in [-0.2, 0) is 5.41 Å². The van der Waals surface area contributed by atoms with E-state index < -0.39 is 0 Å². The Morgan fingerprint density at radius 1 is 0.900 bits per heavy atom. The van der Waals surface area contributed by atoms with Crippen LogP contribution in [0.1, 0.15) is 83.1 Å². The average Bonchev–Trinajstić information content (AvgIpc) is 2.49. The molecule has 0 atom stereocenters. The summed E-state index contributed by atoms with van der Waals surface area (Å²) in [4.78, 5) is 0. The lowest BCUT2D eigenvalue weighted by atomic mass is 9.66. The zero-order valence-electron chi connectivity index (χ0n) is 13.0. The van der Waals surface area contributed by atoms with Gasteiger partial charge in [-0.3, -0.25) is 0 Å². The molecule has 1 aliphatic carbocycles. The molecule has 20 heavy (non-hydrogen) atoms. The Labute approximate surface area is 123 Å². The Balaban J connectivity index is 1.99. The van der Waals surface area contributed by atoms with Crippen molar-refractivity contribution in [2.75, 3.05) is 0 Å². The highest BCUT2D eigenvalue weighted by Crippen LogP contribution is 2.43. The van der Waals surface area contributed by atoms with E-state index >= 15 is 0 Å². The SMILES string of the molecule is CCCCCCCC1(c2ccc(F)cc2)CCCCC1. The van der Waals surface area contributed by atoms with E-state index in [2.05, 4.69) is 6.92 Å². The van der Waals surface area contributed by atoms with Crippen LogP contribution in [0.3, 0.4) is 0 Å². The van der Waals surface area contributed by atoms with E-state index in [1.54, 1.807) is 12.1 Å². The molecule has 0 amide bonds. The second-order valence-corrected chi connectivity index (χ2v) is 6.51. The maximum Gasteiger partial charge on any atom is 0.123 e. The van der Waals surface area contributed by atoms with Gasteiger partial charge in [0, 0.05) is 0 Å². The van der Waals surface area contributed by atoms with Crippen molar-refractivity contribution >= 4 is 0 Å². The summed E-state index contributed by atoms with van der Waals surface area (Å²) in [5.74, 6) is -0.109. The molecule has 0 spiro atoms. The molecule has 0 N–H and O–H groups in total. The molecule has 0 aromatic heterocycles. The Kier molecular flexibility index (Phi) is 6.06. The molecule has 0 nitrogen and oxygen atoms in total. The molecule has 1 aromatic carbocycles. The highest BCUT2D eigenvalue weighted by Gasteiger charge is 2.33. The van der Waals surface area contributed by atoms with Crippen LogP contribution < -0.4 is 0 Å². The summed E-state index contributed by atoms with van der Waals surface area (Å²) in [5, 5.41) is 0. The van der Waals surface area contributed by atoms with E-state index in [9.17, 15) is 4.39 Å². The smallest absolute Gasteiger partial charge is 0.123 e. The number of unbranched alkanes of at least 4 members (excludes halogenated alkanes) is 4. The molecule has 0 radical (unpaired) electrons. The fraction of sp³-hybridized carbons (Fsp3) is 0.684. The summed E-state index contributed by atoms with van der Waals surface area (Å²) in [5.41, 5.74) is 1.73. The van der Waals surface area contributed by atoms with Gasteiger partial charge < -0.3 is 0 Å². The number of halogens is 1. The molecule has 2 rings (SSSR count). The van der Waals surface area contributed by atoms with Gasteiger partial charge in [-0.15, -0.1) is 0 Å². The largest absolute Gasteiger partial charge is 0.207 e. The van der Waals surface area contributed by atoms with Crippen LogP contribution in [0, 0.1) is 5.82 Å². The van der Waals surface area contributed by atoms with Crippen molar-refractivity contribution in [1.82, 2.24) is 0 Å². The van der Waals surface area contributed by atoms with Crippen molar-refractivity contribution in [3.05, 3.63) is 35.6 Å². The maximum atomic E-state index is 13.2. The fourth-order valence-corrected chi connectivity index (χ4v) is 3.78. The second kappa shape index (κ2) is 7.81. The van der Waals surface area contributed by atoms with Gasteiger partial charge in [0.25, 0.3) is 0 Å². The van der Waals surface area contributed by atoms with Crippen LogP contribution in [0.5, 0.6) is 0 Å². The molecular weight excluding hydrogens is 247 g/mol. The number of benzene rings is 1. The molecule has 0 heterocycles. The first-order valence-electron chi connectivity index (χ1n) is 8.53. The molecule has 1 aliphatic rings. The number of hydrogen-bond acceptors (Lipinski definition) is 0. The highest BCUT2D eigenvalue weighted by atomic mass is 19.1. The third-order valence-corrected chi connectivity index (χ3v) is 5.03. The van der Waals surface area contributed by atoms with Crippen molar-refractivity contribution in [1.29, 1.82) is 0 Å². The lowest BCUT2D eigenvalue weighted by Gasteiger charge is -2.38. The Morgan fingerprint density at radius 2 is 1.55 bits per heavy atom. The van der Waals surface area contributed by atoms with Crippen LogP contribution in [0.4, 0.5) is 4.39 Å². The summed E-state index contributed by atoms with van der Waals surface area (Å²) >= 11 is 0. The van der Waals surface area contributed by atoms with E-state index in [-0.39, 0.29) is 5.82 Å². The summed E-state index contributed by atoms with van der Waals surface area (Å²) in [6.45, 7) is 2.27. The Hall–Kier alpha value is -0.850. The van der Waals surface area contributed by atoms with Crippen molar-refractivity contribution in [2.24, 2.45) is 0 Å². The van der Waals surface area contributed by atoms with E-state index in [1.165, 1.54) is 76.2 Å². The first-order valence-corrected chi connectivity index (χ1v) is 8.53. The van der Waals surface area contributed by atoms with E-state index in [1.807, 2.05) is 12.1 Å². The van der Waals surface area contributed by atoms with Gasteiger partial charge in [-0.05, 0) is 42.4 Å². The van der Waals surface area contributed by atoms with Crippen LogP contribution in [0.2, 0.25) is 0 Å². The molecule has 1 saturated carbocycles. The van der Waals surface area contributed by atoms with Crippen molar-refractivity contribution in [2.45, 2.75) is 83.0 Å². The van der Waals surface area contributed by atoms with Crippen LogP contribution in [0.25, 0.3) is 0 Å². The maximum absolute atomic E-state index is 13.2.